The third-order valence-corrected chi connectivity index (χ3v) is 7.93. The number of nitrogens with zero attached hydrogens (tertiary/aromatic N) is 6. The summed E-state index contributed by atoms with van der Waals surface area (Å²) in [7, 11) is 1.92. The average Bonchev–Trinajstić information content (AvgIpc) is 3.39. The maximum atomic E-state index is 13.2. The van der Waals surface area contributed by atoms with Crippen LogP contribution in [-0.4, -0.2) is 93.2 Å². The van der Waals surface area contributed by atoms with Gasteiger partial charge in [-0.2, -0.15) is 4.98 Å². The molecule has 2 aliphatic rings. The molecule has 40 heavy (non-hydrogen) atoms. The van der Waals surface area contributed by atoms with Gasteiger partial charge >= 0.3 is 6.09 Å². The van der Waals surface area contributed by atoms with Gasteiger partial charge in [-0.1, -0.05) is 6.08 Å². The number of benzene rings is 1. The van der Waals surface area contributed by atoms with Crippen molar-refractivity contribution in [3.8, 4) is 0 Å². The minimum absolute atomic E-state index is 0.0484. The van der Waals surface area contributed by atoms with Gasteiger partial charge in [0.2, 0.25) is 5.95 Å². The Balaban J connectivity index is 1.24. The van der Waals surface area contributed by atoms with Crippen LogP contribution in [0.2, 0.25) is 0 Å². The van der Waals surface area contributed by atoms with Gasteiger partial charge in [0.05, 0.1) is 6.61 Å². The number of anilines is 2. The molecule has 1 N–H and O–H groups in total. The summed E-state index contributed by atoms with van der Waals surface area (Å²) in [5.41, 5.74) is 4.36. The van der Waals surface area contributed by atoms with Crippen molar-refractivity contribution in [2.75, 3.05) is 45.2 Å². The SMILES string of the molecule is CCOC(=O)N1CC=C(c2cccn3nc(Nc4ccc(C(=O)N(C)C5CCN(C(C)C)CC5)cc4)nc23)CC1. The van der Waals surface area contributed by atoms with Crippen LogP contribution in [0.4, 0.5) is 16.4 Å². The van der Waals surface area contributed by atoms with Crippen LogP contribution in [-0.2, 0) is 4.74 Å². The maximum absolute atomic E-state index is 13.2. The van der Waals surface area contributed by atoms with Crippen LogP contribution in [0.15, 0.2) is 48.7 Å². The van der Waals surface area contributed by atoms with Gasteiger partial charge in [0, 0.05) is 68.3 Å². The van der Waals surface area contributed by atoms with Crippen LogP contribution >= 0.6 is 0 Å². The van der Waals surface area contributed by atoms with Crippen LogP contribution < -0.4 is 5.32 Å². The number of piperidine rings is 1. The summed E-state index contributed by atoms with van der Waals surface area (Å²) in [6, 6.07) is 12.3. The van der Waals surface area contributed by atoms with E-state index in [4.69, 9.17) is 9.72 Å². The van der Waals surface area contributed by atoms with Crippen LogP contribution in [0.1, 0.15) is 56.0 Å². The molecular weight excluding hydrogens is 506 g/mol. The number of ether oxygens (including phenoxy) is 1. The van der Waals surface area contributed by atoms with Crippen molar-refractivity contribution in [1.82, 2.24) is 29.3 Å². The zero-order valence-electron chi connectivity index (χ0n) is 23.8. The van der Waals surface area contributed by atoms with Crippen molar-refractivity contribution in [2.24, 2.45) is 0 Å². The molecule has 3 aromatic rings. The van der Waals surface area contributed by atoms with Gasteiger partial charge in [0.15, 0.2) is 5.65 Å². The maximum Gasteiger partial charge on any atom is 0.410 e. The first-order chi connectivity index (χ1) is 19.3. The zero-order valence-corrected chi connectivity index (χ0v) is 23.8. The van der Waals surface area contributed by atoms with Crippen molar-refractivity contribution >= 4 is 34.9 Å². The molecular formula is C30H39N7O3. The Morgan fingerprint density at radius 1 is 1.12 bits per heavy atom. The molecule has 2 amide bonds. The van der Waals surface area contributed by atoms with E-state index in [1.807, 2.05) is 61.5 Å². The molecule has 10 heteroatoms. The van der Waals surface area contributed by atoms with E-state index >= 15 is 0 Å². The molecule has 2 aliphatic heterocycles. The highest BCUT2D eigenvalue weighted by molar-refractivity contribution is 5.94. The molecule has 1 saturated heterocycles. The van der Waals surface area contributed by atoms with Crippen molar-refractivity contribution in [3.05, 3.63) is 59.8 Å². The van der Waals surface area contributed by atoms with Crippen LogP contribution in [0.5, 0.6) is 0 Å². The highest BCUT2D eigenvalue weighted by atomic mass is 16.6. The Hall–Kier alpha value is -3.92. The van der Waals surface area contributed by atoms with Crippen LogP contribution in [0.25, 0.3) is 11.2 Å². The fourth-order valence-electron chi connectivity index (χ4n) is 5.49. The number of pyridine rings is 1. The average molecular weight is 546 g/mol. The molecule has 2 aromatic heterocycles. The van der Waals surface area contributed by atoms with E-state index in [0.717, 1.165) is 54.8 Å². The van der Waals surface area contributed by atoms with Gasteiger partial charge in [-0.25, -0.2) is 9.31 Å². The van der Waals surface area contributed by atoms with Crippen molar-refractivity contribution in [2.45, 2.75) is 52.1 Å². The number of aromatic nitrogens is 3. The zero-order chi connectivity index (χ0) is 28.2. The highest BCUT2D eigenvalue weighted by Gasteiger charge is 2.27. The first kappa shape index (κ1) is 27.6. The number of carbonyl (C=O) groups is 2. The fraction of sp³-hybridized carbons (Fsp3) is 0.467. The van der Waals surface area contributed by atoms with Crippen molar-refractivity contribution < 1.29 is 14.3 Å². The Kier molecular flexibility index (Phi) is 8.35. The topological polar surface area (TPSA) is 95.3 Å². The first-order valence-corrected chi connectivity index (χ1v) is 14.2. The van der Waals surface area contributed by atoms with E-state index in [1.54, 1.807) is 9.42 Å². The van der Waals surface area contributed by atoms with Gasteiger partial charge in [-0.3, -0.25) is 4.79 Å². The predicted molar refractivity (Wildman–Crippen MR) is 156 cm³/mol. The molecule has 212 valence electrons. The van der Waals surface area contributed by atoms with Gasteiger partial charge < -0.3 is 24.8 Å². The summed E-state index contributed by atoms with van der Waals surface area (Å²) >= 11 is 0. The first-order valence-electron chi connectivity index (χ1n) is 14.2. The second kappa shape index (κ2) is 12.1. The number of fused-ring (bicyclic) bond motifs is 1. The molecule has 4 heterocycles. The van der Waals surface area contributed by atoms with Crippen molar-refractivity contribution in [3.63, 3.8) is 0 Å². The normalized spacial score (nSPS) is 16.7. The number of carbonyl (C=O) groups excluding carboxylic acids is 2. The lowest BCUT2D eigenvalue weighted by Crippen LogP contribution is -2.47. The minimum Gasteiger partial charge on any atom is -0.450 e. The Labute approximate surface area is 235 Å². The Bertz CT molecular complexity index is 1370. The van der Waals surface area contributed by atoms with Gasteiger partial charge in [-0.05, 0) is 82.0 Å². The summed E-state index contributed by atoms with van der Waals surface area (Å²) in [4.78, 5) is 36.0. The van der Waals surface area contributed by atoms with Gasteiger partial charge in [0.1, 0.15) is 0 Å². The summed E-state index contributed by atoms with van der Waals surface area (Å²) in [6.45, 7) is 9.79. The summed E-state index contributed by atoms with van der Waals surface area (Å²) in [5.74, 6) is 0.525. The lowest BCUT2D eigenvalue weighted by Gasteiger charge is -2.38. The lowest BCUT2D eigenvalue weighted by molar-refractivity contribution is 0.0615. The van der Waals surface area contributed by atoms with E-state index in [1.165, 1.54) is 0 Å². The second-order valence-electron chi connectivity index (χ2n) is 10.7. The molecule has 0 radical (unpaired) electrons. The molecule has 1 fully saturated rings. The third-order valence-electron chi connectivity index (χ3n) is 7.93. The largest absolute Gasteiger partial charge is 0.450 e. The lowest BCUT2D eigenvalue weighted by atomic mass is 10.0. The molecule has 0 bridgehead atoms. The molecule has 1 aromatic carbocycles. The number of likely N-dealkylation sites (tertiary alicyclic amines) is 1. The number of rotatable bonds is 7. The highest BCUT2D eigenvalue weighted by Crippen LogP contribution is 2.27. The van der Waals surface area contributed by atoms with E-state index in [0.29, 0.717) is 37.3 Å². The quantitative estimate of drug-likeness (QED) is 0.461. The van der Waals surface area contributed by atoms with Gasteiger partial charge in [0.25, 0.3) is 5.91 Å². The standard InChI is InChI=1S/C30H39N7O3/c1-5-40-30(39)36-17-12-22(13-18-36)26-7-6-16-37-27(26)32-29(33-37)31-24-10-8-23(9-11-24)28(38)34(4)25-14-19-35(20-15-25)21(2)3/h6-12,16,21,25H,5,13-15,17-20H2,1-4H3,(H,31,33). The van der Waals surface area contributed by atoms with Crippen LogP contribution in [0.3, 0.4) is 0 Å². The fourth-order valence-corrected chi connectivity index (χ4v) is 5.49. The van der Waals surface area contributed by atoms with E-state index in [-0.39, 0.29) is 18.0 Å². The molecule has 5 rings (SSSR count). The molecule has 0 saturated carbocycles. The summed E-state index contributed by atoms with van der Waals surface area (Å²) < 4.78 is 6.88. The van der Waals surface area contributed by atoms with E-state index in [2.05, 4.69) is 35.2 Å². The monoisotopic (exact) mass is 545 g/mol. The van der Waals surface area contributed by atoms with E-state index in [9.17, 15) is 9.59 Å². The minimum atomic E-state index is -0.281. The second-order valence-corrected chi connectivity index (χ2v) is 10.7. The number of hydrogen-bond donors (Lipinski definition) is 1. The predicted octanol–water partition coefficient (Wildman–Crippen LogP) is 4.66. The molecule has 0 unspecified atom stereocenters. The Morgan fingerprint density at radius 3 is 2.52 bits per heavy atom. The number of nitrogens with one attached hydrogen (secondary N) is 1. The molecule has 10 nitrogen and oxygen atoms in total. The van der Waals surface area contributed by atoms with Gasteiger partial charge in [-0.15, -0.1) is 5.10 Å². The number of amides is 2. The van der Waals surface area contributed by atoms with E-state index < -0.39 is 0 Å². The summed E-state index contributed by atoms with van der Waals surface area (Å²) in [5, 5.41) is 7.87. The molecule has 0 atom stereocenters. The number of hydrogen-bond acceptors (Lipinski definition) is 7. The molecule has 0 spiro atoms. The Morgan fingerprint density at radius 2 is 1.88 bits per heavy atom. The third kappa shape index (κ3) is 5.96. The smallest absolute Gasteiger partial charge is 0.410 e. The molecule has 0 aliphatic carbocycles. The summed E-state index contributed by atoms with van der Waals surface area (Å²) in [6.07, 6.45) is 6.36. The van der Waals surface area contributed by atoms with Crippen molar-refractivity contribution in [1.29, 1.82) is 0 Å². The van der Waals surface area contributed by atoms with Crippen LogP contribution in [0, 0.1) is 0 Å².